The molecule has 6 nitrogen and oxygen atoms in total. The van der Waals surface area contributed by atoms with Crippen molar-refractivity contribution >= 4 is 23.2 Å². The van der Waals surface area contributed by atoms with Gasteiger partial charge in [0.05, 0.1) is 0 Å². The molecule has 1 amide bonds. The molecule has 0 bridgehead atoms. The van der Waals surface area contributed by atoms with Crippen LogP contribution in [0, 0.1) is 13.8 Å². The summed E-state index contributed by atoms with van der Waals surface area (Å²) in [5.41, 5.74) is 4.44. The topological polar surface area (TPSA) is 76.1 Å². The Hall–Kier alpha value is -3.41. The third kappa shape index (κ3) is 5.30. The lowest BCUT2D eigenvalue weighted by atomic mass is 10.1. The van der Waals surface area contributed by atoms with Crippen molar-refractivity contribution in [1.29, 1.82) is 0 Å². The quantitative estimate of drug-likeness (QED) is 0.638. The zero-order valence-corrected chi connectivity index (χ0v) is 16.3. The Labute approximate surface area is 165 Å². The monoisotopic (exact) mass is 376 g/mol. The number of para-hydroxylation sites is 1. The first-order valence-corrected chi connectivity index (χ1v) is 9.23. The van der Waals surface area contributed by atoms with Crippen molar-refractivity contribution < 1.29 is 9.53 Å². The Bertz CT molecular complexity index is 935. The average Bonchev–Trinajstić information content (AvgIpc) is 2.67. The molecule has 2 N–H and O–H groups in total. The number of nitrogens with zero attached hydrogens (tertiary/aromatic N) is 2. The number of nitrogens with one attached hydrogen (secondary N) is 2. The molecule has 0 saturated heterocycles. The Kier molecular flexibility index (Phi) is 6.22. The summed E-state index contributed by atoms with van der Waals surface area (Å²) in [6.45, 7) is 5.88. The van der Waals surface area contributed by atoms with E-state index in [2.05, 4.69) is 27.5 Å². The van der Waals surface area contributed by atoms with Gasteiger partial charge in [-0.15, -0.1) is 0 Å². The molecule has 0 aliphatic heterocycles. The number of hydrogen-bond acceptors (Lipinski definition) is 5. The highest BCUT2D eigenvalue weighted by atomic mass is 16.5. The number of carbonyl (C=O) groups excluding carboxylic acids is 1. The minimum Gasteiger partial charge on any atom is -0.483 e. The second kappa shape index (κ2) is 8.99. The van der Waals surface area contributed by atoms with Gasteiger partial charge in [0, 0.05) is 22.8 Å². The van der Waals surface area contributed by atoms with Gasteiger partial charge in [-0.25, -0.2) is 9.97 Å². The number of aryl methyl sites for hydroxylation is 3. The highest BCUT2D eigenvalue weighted by Crippen LogP contribution is 2.19. The molecule has 0 aliphatic carbocycles. The zero-order valence-electron chi connectivity index (χ0n) is 16.3. The van der Waals surface area contributed by atoms with E-state index in [0.717, 1.165) is 34.8 Å². The molecule has 0 atom stereocenters. The van der Waals surface area contributed by atoms with E-state index in [4.69, 9.17) is 4.74 Å². The van der Waals surface area contributed by atoms with Crippen LogP contribution in [0.3, 0.4) is 0 Å². The third-order valence-electron chi connectivity index (χ3n) is 4.12. The molecule has 0 spiro atoms. The van der Waals surface area contributed by atoms with Gasteiger partial charge in [-0.05, 0) is 62.2 Å². The molecule has 3 aromatic rings. The van der Waals surface area contributed by atoms with Crippen LogP contribution in [0.2, 0.25) is 0 Å². The summed E-state index contributed by atoms with van der Waals surface area (Å²) in [5.74, 6) is 1.09. The van der Waals surface area contributed by atoms with Crippen LogP contribution in [0.5, 0.6) is 5.75 Å². The summed E-state index contributed by atoms with van der Waals surface area (Å²) in [4.78, 5) is 20.9. The molecule has 0 aliphatic rings. The van der Waals surface area contributed by atoms with Gasteiger partial charge in [0.15, 0.2) is 6.61 Å². The van der Waals surface area contributed by atoms with Gasteiger partial charge < -0.3 is 15.4 Å². The molecule has 3 rings (SSSR count). The SMILES string of the molecule is CCc1ccccc1OCC(=O)Nc1ccc(Nc2nc(C)cc(C)n2)cc1. The Morgan fingerprint density at radius 3 is 2.29 bits per heavy atom. The van der Waals surface area contributed by atoms with Crippen LogP contribution in [-0.2, 0) is 11.2 Å². The lowest BCUT2D eigenvalue weighted by Crippen LogP contribution is -2.20. The zero-order chi connectivity index (χ0) is 19.9. The molecular formula is C22H24N4O2. The number of anilines is 3. The van der Waals surface area contributed by atoms with Crippen molar-refractivity contribution in [3.05, 3.63) is 71.5 Å². The molecule has 6 heteroatoms. The van der Waals surface area contributed by atoms with Gasteiger partial charge in [0.1, 0.15) is 5.75 Å². The van der Waals surface area contributed by atoms with Crippen molar-refractivity contribution in [2.24, 2.45) is 0 Å². The van der Waals surface area contributed by atoms with E-state index < -0.39 is 0 Å². The van der Waals surface area contributed by atoms with E-state index in [1.54, 1.807) is 0 Å². The molecule has 1 aromatic heterocycles. The molecule has 0 saturated carbocycles. The summed E-state index contributed by atoms with van der Waals surface area (Å²) in [7, 11) is 0. The average molecular weight is 376 g/mol. The standard InChI is InChI=1S/C22H24N4O2/c1-4-17-7-5-6-8-20(17)28-14-21(27)25-18-9-11-19(12-10-18)26-22-23-15(2)13-16(3)24-22/h5-13H,4,14H2,1-3H3,(H,25,27)(H,23,24,26). The fourth-order valence-corrected chi connectivity index (χ4v) is 2.82. The molecule has 28 heavy (non-hydrogen) atoms. The lowest BCUT2D eigenvalue weighted by molar-refractivity contribution is -0.118. The van der Waals surface area contributed by atoms with Crippen molar-refractivity contribution in [3.63, 3.8) is 0 Å². The Balaban J connectivity index is 1.55. The van der Waals surface area contributed by atoms with Gasteiger partial charge >= 0.3 is 0 Å². The predicted octanol–water partition coefficient (Wildman–Crippen LogP) is 4.42. The Morgan fingerprint density at radius 1 is 0.964 bits per heavy atom. The van der Waals surface area contributed by atoms with Crippen LogP contribution < -0.4 is 15.4 Å². The normalized spacial score (nSPS) is 10.4. The minimum absolute atomic E-state index is 0.0343. The van der Waals surface area contributed by atoms with E-state index in [-0.39, 0.29) is 12.5 Å². The van der Waals surface area contributed by atoms with Gasteiger partial charge in [-0.3, -0.25) is 4.79 Å². The van der Waals surface area contributed by atoms with Crippen LogP contribution in [-0.4, -0.2) is 22.5 Å². The Morgan fingerprint density at radius 2 is 1.61 bits per heavy atom. The highest BCUT2D eigenvalue weighted by molar-refractivity contribution is 5.92. The van der Waals surface area contributed by atoms with E-state index in [1.165, 1.54) is 0 Å². The fourth-order valence-electron chi connectivity index (χ4n) is 2.82. The second-order valence-corrected chi connectivity index (χ2v) is 6.47. The van der Waals surface area contributed by atoms with Gasteiger partial charge in [0.2, 0.25) is 5.95 Å². The molecule has 0 fully saturated rings. The first-order valence-electron chi connectivity index (χ1n) is 9.23. The van der Waals surface area contributed by atoms with E-state index in [1.807, 2.05) is 68.4 Å². The van der Waals surface area contributed by atoms with Gasteiger partial charge in [-0.2, -0.15) is 0 Å². The second-order valence-electron chi connectivity index (χ2n) is 6.47. The summed E-state index contributed by atoms with van der Waals surface area (Å²) in [5, 5.41) is 6.00. The largest absolute Gasteiger partial charge is 0.483 e. The summed E-state index contributed by atoms with van der Waals surface area (Å²) in [6.07, 6.45) is 0.858. The summed E-state index contributed by atoms with van der Waals surface area (Å²) in [6, 6.07) is 17.0. The number of amides is 1. The lowest BCUT2D eigenvalue weighted by Gasteiger charge is -2.11. The molecule has 144 valence electrons. The van der Waals surface area contributed by atoms with Gasteiger partial charge in [-0.1, -0.05) is 25.1 Å². The number of rotatable bonds is 7. The maximum Gasteiger partial charge on any atom is 0.262 e. The van der Waals surface area contributed by atoms with Crippen molar-refractivity contribution in [1.82, 2.24) is 9.97 Å². The molecular weight excluding hydrogens is 352 g/mol. The van der Waals surface area contributed by atoms with Crippen LogP contribution in [0.25, 0.3) is 0 Å². The summed E-state index contributed by atoms with van der Waals surface area (Å²) < 4.78 is 5.65. The first-order chi connectivity index (χ1) is 13.5. The highest BCUT2D eigenvalue weighted by Gasteiger charge is 2.07. The van der Waals surface area contributed by atoms with Crippen LogP contribution in [0.1, 0.15) is 23.9 Å². The number of carbonyl (C=O) groups is 1. The smallest absolute Gasteiger partial charge is 0.262 e. The minimum atomic E-state index is -0.204. The van der Waals surface area contributed by atoms with E-state index >= 15 is 0 Å². The van der Waals surface area contributed by atoms with E-state index in [0.29, 0.717) is 11.6 Å². The number of ether oxygens (including phenoxy) is 1. The molecule has 0 radical (unpaired) electrons. The number of aromatic nitrogens is 2. The van der Waals surface area contributed by atoms with E-state index in [9.17, 15) is 4.79 Å². The molecule has 0 unspecified atom stereocenters. The van der Waals surface area contributed by atoms with Crippen molar-refractivity contribution in [2.45, 2.75) is 27.2 Å². The van der Waals surface area contributed by atoms with Crippen LogP contribution in [0.15, 0.2) is 54.6 Å². The summed E-state index contributed by atoms with van der Waals surface area (Å²) >= 11 is 0. The predicted molar refractivity (Wildman–Crippen MR) is 111 cm³/mol. The number of benzene rings is 2. The van der Waals surface area contributed by atoms with Gasteiger partial charge in [0.25, 0.3) is 5.91 Å². The van der Waals surface area contributed by atoms with Crippen molar-refractivity contribution in [3.8, 4) is 5.75 Å². The van der Waals surface area contributed by atoms with Crippen LogP contribution >= 0.6 is 0 Å². The number of hydrogen-bond donors (Lipinski definition) is 2. The molecule has 2 aromatic carbocycles. The first kappa shape index (κ1) is 19.4. The maximum absolute atomic E-state index is 12.2. The molecule has 1 heterocycles. The third-order valence-corrected chi connectivity index (χ3v) is 4.12. The van der Waals surface area contributed by atoms with Crippen LogP contribution in [0.4, 0.5) is 17.3 Å². The van der Waals surface area contributed by atoms with Crippen molar-refractivity contribution in [2.75, 3.05) is 17.2 Å². The maximum atomic E-state index is 12.2. The fraction of sp³-hybridized carbons (Fsp3) is 0.227.